The Hall–Kier alpha value is -3.28. The Kier molecular flexibility index (Phi) is 11.0. The van der Waals surface area contributed by atoms with E-state index >= 15 is 0 Å². The van der Waals surface area contributed by atoms with E-state index < -0.39 is 29.3 Å². The van der Waals surface area contributed by atoms with Crippen LogP contribution in [0.15, 0.2) is 48.7 Å². The molecule has 2 N–H and O–H groups in total. The van der Waals surface area contributed by atoms with Gasteiger partial charge in [-0.3, -0.25) is 14.2 Å². The van der Waals surface area contributed by atoms with Crippen LogP contribution >= 0.6 is 24.0 Å². The summed E-state index contributed by atoms with van der Waals surface area (Å²) in [5, 5.41) is 5.95. The molecule has 8 nitrogen and oxygen atoms in total. The average Bonchev–Trinajstić information content (AvgIpc) is 3.14. The maximum absolute atomic E-state index is 13.0. The fourth-order valence-corrected chi connectivity index (χ4v) is 4.36. The van der Waals surface area contributed by atoms with Gasteiger partial charge in [0.25, 0.3) is 0 Å². The molecule has 0 spiro atoms. The number of nitrogens with one attached hydrogen (secondary N) is 2. The summed E-state index contributed by atoms with van der Waals surface area (Å²) in [6, 6.07) is 8.09. The van der Waals surface area contributed by atoms with Gasteiger partial charge >= 0.3 is 18.2 Å². The van der Waals surface area contributed by atoms with Gasteiger partial charge in [0.05, 0.1) is 16.8 Å². The number of aromatic nitrogens is 1. The van der Waals surface area contributed by atoms with Gasteiger partial charge in [-0.2, -0.15) is 13.2 Å². The summed E-state index contributed by atoms with van der Waals surface area (Å²) >= 11 is 6.13. The van der Waals surface area contributed by atoms with Crippen LogP contribution in [-0.4, -0.2) is 53.6 Å². The summed E-state index contributed by atoms with van der Waals surface area (Å²) in [6.45, 7) is 4.18. The first-order valence-corrected chi connectivity index (χ1v) is 12.5. The van der Waals surface area contributed by atoms with Crippen molar-refractivity contribution in [2.75, 3.05) is 31.3 Å². The van der Waals surface area contributed by atoms with Crippen LogP contribution in [-0.2, 0) is 15.7 Å². The molecule has 0 saturated carbocycles. The van der Waals surface area contributed by atoms with Crippen molar-refractivity contribution in [1.82, 2.24) is 9.47 Å². The highest BCUT2D eigenvalue weighted by Crippen LogP contribution is 2.31. The lowest BCUT2D eigenvalue weighted by Crippen LogP contribution is -2.38. The van der Waals surface area contributed by atoms with Crippen molar-refractivity contribution in [2.24, 2.45) is 0 Å². The number of carbonyl (C=O) groups excluding carboxylic acids is 3. The molecule has 40 heavy (non-hydrogen) atoms. The number of benzene rings is 2. The molecule has 0 aliphatic heterocycles. The van der Waals surface area contributed by atoms with Gasteiger partial charge in [0.1, 0.15) is 5.60 Å². The van der Waals surface area contributed by atoms with Crippen LogP contribution < -0.4 is 10.6 Å². The Bertz CT molecular complexity index is 1360. The molecule has 1 aromatic heterocycles. The number of fused-ring (bicyclic) bond motifs is 1. The Morgan fingerprint density at radius 1 is 1.00 bits per heavy atom. The molecular weight excluding hydrogens is 572 g/mol. The second kappa shape index (κ2) is 13.4. The molecule has 0 fully saturated rings. The Morgan fingerprint density at radius 2 is 1.65 bits per heavy atom. The quantitative estimate of drug-likeness (QED) is 0.255. The first kappa shape index (κ1) is 32.9. The van der Waals surface area contributed by atoms with Gasteiger partial charge in [0.2, 0.25) is 5.91 Å². The Balaban J connectivity index is 0.00000560. The first-order chi connectivity index (χ1) is 18.1. The Labute approximate surface area is 241 Å². The molecule has 1 heterocycles. The van der Waals surface area contributed by atoms with Crippen LogP contribution in [0.25, 0.3) is 10.9 Å². The third-order valence-corrected chi connectivity index (χ3v) is 5.85. The van der Waals surface area contributed by atoms with Crippen LogP contribution in [0.5, 0.6) is 0 Å². The number of halogens is 5. The van der Waals surface area contributed by atoms with Gasteiger partial charge < -0.3 is 20.3 Å². The number of ether oxygens (including phenoxy) is 1. The molecule has 2 aromatic carbocycles. The molecule has 3 rings (SSSR count). The van der Waals surface area contributed by atoms with Crippen molar-refractivity contribution in [2.45, 2.75) is 44.9 Å². The van der Waals surface area contributed by atoms with E-state index in [9.17, 15) is 27.6 Å². The number of rotatable bonds is 9. The third kappa shape index (κ3) is 9.14. The fourth-order valence-electron chi connectivity index (χ4n) is 4.19. The van der Waals surface area contributed by atoms with E-state index in [1.807, 2.05) is 32.8 Å². The fraction of sp³-hybridized carbons (Fsp3) is 0.370. The van der Waals surface area contributed by atoms with Crippen molar-refractivity contribution >= 4 is 64.2 Å². The van der Waals surface area contributed by atoms with Gasteiger partial charge in [-0.15, -0.1) is 12.4 Å². The maximum atomic E-state index is 13.0. The van der Waals surface area contributed by atoms with Crippen molar-refractivity contribution in [3.8, 4) is 0 Å². The van der Waals surface area contributed by atoms with Crippen molar-refractivity contribution in [1.29, 1.82) is 0 Å². The molecule has 0 unspecified atom stereocenters. The van der Waals surface area contributed by atoms with E-state index in [1.54, 1.807) is 18.2 Å². The molecule has 0 saturated heterocycles. The van der Waals surface area contributed by atoms with Crippen molar-refractivity contribution in [3.05, 3.63) is 59.2 Å². The Morgan fingerprint density at radius 3 is 2.25 bits per heavy atom. The van der Waals surface area contributed by atoms with Gasteiger partial charge in [-0.1, -0.05) is 11.6 Å². The predicted molar refractivity (Wildman–Crippen MR) is 151 cm³/mol. The predicted octanol–water partition coefficient (Wildman–Crippen LogP) is 7.07. The lowest BCUT2D eigenvalue weighted by atomic mass is 10.1. The highest BCUT2D eigenvalue weighted by molar-refractivity contribution is 6.31. The second-order valence-corrected chi connectivity index (χ2v) is 10.4. The number of urea groups is 1. The third-order valence-electron chi connectivity index (χ3n) is 5.61. The standard InChI is InChI=1S/C27H30ClF3N4O4.ClH/c1-26(2,16-34(3)4)39-24(37)7-5-6-23(36)35-15-21(20-14-18(28)10-13-22(20)35)33-25(38)32-19-11-8-17(9-12-19)27(29,30)31;/h8-15H,5-7,16H2,1-4H3,(H2,32,33,38);1H. The first-order valence-electron chi connectivity index (χ1n) is 12.1. The number of hydrogen-bond acceptors (Lipinski definition) is 5. The largest absolute Gasteiger partial charge is 0.458 e. The minimum absolute atomic E-state index is 0. The number of anilines is 2. The molecule has 0 aliphatic carbocycles. The number of hydrogen-bond donors (Lipinski definition) is 2. The number of amides is 2. The molecule has 0 aliphatic rings. The summed E-state index contributed by atoms with van der Waals surface area (Å²) in [7, 11) is 3.76. The SMILES string of the molecule is CN(C)CC(C)(C)OC(=O)CCCC(=O)n1cc(NC(=O)Nc2ccc(C(F)(F)F)cc2)c2cc(Cl)ccc21.Cl. The van der Waals surface area contributed by atoms with Gasteiger partial charge in [0.15, 0.2) is 0 Å². The van der Waals surface area contributed by atoms with Crippen LogP contribution in [0.1, 0.15) is 43.5 Å². The topological polar surface area (TPSA) is 92.7 Å². The molecule has 13 heteroatoms. The number of carbonyl (C=O) groups is 3. The number of likely N-dealkylation sites (N-methyl/N-ethyl adjacent to an activating group) is 1. The van der Waals surface area contributed by atoms with Crippen LogP contribution in [0.2, 0.25) is 5.02 Å². The molecule has 3 aromatic rings. The number of esters is 1. The van der Waals surface area contributed by atoms with Gasteiger partial charge in [-0.25, -0.2) is 4.79 Å². The lowest BCUT2D eigenvalue weighted by Gasteiger charge is -2.28. The van der Waals surface area contributed by atoms with Crippen molar-refractivity contribution < 1.29 is 32.3 Å². The second-order valence-electron chi connectivity index (χ2n) is 9.95. The molecule has 218 valence electrons. The highest BCUT2D eigenvalue weighted by atomic mass is 35.5. The summed E-state index contributed by atoms with van der Waals surface area (Å²) in [5.41, 5.74) is -0.588. The van der Waals surface area contributed by atoms with Crippen molar-refractivity contribution in [3.63, 3.8) is 0 Å². The zero-order valence-electron chi connectivity index (χ0n) is 22.4. The van der Waals surface area contributed by atoms with E-state index in [2.05, 4.69) is 10.6 Å². The average molecular weight is 603 g/mol. The van der Waals surface area contributed by atoms with Gasteiger partial charge in [-0.05, 0) is 76.8 Å². The summed E-state index contributed by atoms with van der Waals surface area (Å²) in [5.74, 6) is -0.708. The minimum Gasteiger partial charge on any atom is -0.458 e. The zero-order valence-corrected chi connectivity index (χ0v) is 24.0. The van der Waals surface area contributed by atoms with Crippen LogP contribution in [0.4, 0.5) is 29.3 Å². The highest BCUT2D eigenvalue weighted by Gasteiger charge is 2.30. The zero-order chi connectivity index (χ0) is 29.0. The van der Waals surface area contributed by atoms with E-state index in [1.165, 1.54) is 10.8 Å². The molecular formula is C27H31Cl2F3N4O4. The monoisotopic (exact) mass is 602 g/mol. The minimum atomic E-state index is -4.49. The van der Waals surface area contributed by atoms with E-state index in [0.717, 1.165) is 24.3 Å². The number of alkyl halides is 3. The van der Waals surface area contributed by atoms with E-state index in [-0.39, 0.29) is 49.0 Å². The number of nitrogens with zero attached hydrogens (tertiary/aromatic N) is 2. The van der Waals surface area contributed by atoms with Crippen LogP contribution in [0, 0.1) is 0 Å². The molecule has 0 radical (unpaired) electrons. The van der Waals surface area contributed by atoms with Gasteiger partial charge in [0, 0.05) is 41.7 Å². The normalized spacial score (nSPS) is 11.7. The van der Waals surface area contributed by atoms with Crippen LogP contribution in [0.3, 0.4) is 0 Å². The summed E-state index contributed by atoms with van der Waals surface area (Å²) < 4.78 is 45.2. The lowest BCUT2D eigenvalue weighted by molar-refractivity contribution is -0.157. The smallest absolute Gasteiger partial charge is 0.416 e. The van der Waals surface area contributed by atoms with E-state index in [0.29, 0.717) is 22.5 Å². The molecule has 2 amide bonds. The van der Waals surface area contributed by atoms with E-state index in [4.69, 9.17) is 16.3 Å². The molecule has 0 bridgehead atoms. The maximum Gasteiger partial charge on any atom is 0.416 e. The summed E-state index contributed by atoms with van der Waals surface area (Å²) in [6.07, 6.45) is -2.67. The summed E-state index contributed by atoms with van der Waals surface area (Å²) in [4.78, 5) is 39.8. The molecule has 0 atom stereocenters.